The standard InChI is InChI=1S/C15H18N2O4/c1-2-5-16-14(18)11-7-17(8-11)15(19)10-3-4-12-13(6-10)21-9-20-12/h3-4,6,11H,2,5,7-9H2,1H3,(H,16,18). The first kappa shape index (κ1) is 13.7. The maximum atomic E-state index is 12.3. The van der Waals surface area contributed by atoms with E-state index in [1.54, 1.807) is 23.1 Å². The number of likely N-dealkylation sites (tertiary alicyclic amines) is 1. The predicted molar refractivity (Wildman–Crippen MR) is 75.3 cm³/mol. The molecular formula is C15H18N2O4. The fourth-order valence-electron chi connectivity index (χ4n) is 2.41. The fraction of sp³-hybridized carbons (Fsp3) is 0.467. The van der Waals surface area contributed by atoms with Gasteiger partial charge in [-0.05, 0) is 24.6 Å². The summed E-state index contributed by atoms with van der Waals surface area (Å²) in [6, 6.07) is 5.15. The normalized spacial score (nSPS) is 16.5. The maximum absolute atomic E-state index is 12.3. The average Bonchev–Trinajstić information content (AvgIpc) is 2.90. The van der Waals surface area contributed by atoms with E-state index in [-0.39, 0.29) is 24.5 Å². The van der Waals surface area contributed by atoms with Crippen molar-refractivity contribution >= 4 is 11.8 Å². The Morgan fingerprint density at radius 3 is 2.81 bits per heavy atom. The summed E-state index contributed by atoms with van der Waals surface area (Å²) in [5.74, 6) is 1.12. The summed E-state index contributed by atoms with van der Waals surface area (Å²) < 4.78 is 10.5. The summed E-state index contributed by atoms with van der Waals surface area (Å²) in [7, 11) is 0. The molecule has 1 N–H and O–H groups in total. The first-order chi connectivity index (χ1) is 10.2. The van der Waals surface area contributed by atoms with Gasteiger partial charge in [-0.1, -0.05) is 6.92 Å². The van der Waals surface area contributed by atoms with Gasteiger partial charge in [0.15, 0.2) is 11.5 Å². The molecule has 0 bridgehead atoms. The zero-order chi connectivity index (χ0) is 14.8. The van der Waals surface area contributed by atoms with Gasteiger partial charge in [-0.25, -0.2) is 0 Å². The number of hydrogen-bond donors (Lipinski definition) is 1. The molecular weight excluding hydrogens is 272 g/mol. The third-order valence-corrected chi connectivity index (χ3v) is 3.71. The second kappa shape index (κ2) is 5.63. The second-order valence-corrected chi connectivity index (χ2v) is 5.27. The van der Waals surface area contributed by atoms with Gasteiger partial charge in [0.2, 0.25) is 12.7 Å². The molecule has 1 saturated heterocycles. The molecule has 2 heterocycles. The van der Waals surface area contributed by atoms with Gasteiger partial charge in [-0.3, -0.25) is 9.59 Å². The molecule has 2 amide bonds. The topological polar surface area (TPSA) is 67.9 Å². The van der Waals surface area contributed by atoms with E-state index < -0.39 is 0 Å². The maximum Gasteiger partial charge on any atom is 0.254 e. The van der Waals surface area contributed by atoms with Crippen molar-refractivity contribution in [2.24, 2.45) is 5.92 Å². The Balaban J connectivity index is 1.57. The predicted octanol–water partition coefficient (Wildman–Crippen LogP) is 1.01. The molecule has 0 radical (unpaired) electrons. The minimum atomic E-state index is -0.0884. The molecule has 6 heteroatoms. The number of benzene rings is 1. The van der Waals surface area contributed by atoms with Crippen LogP contribution in [0.5, 0.6) is 11.5 Å². The van der Waals surface area contributed by atoms with Gasteiger partial charge in [-0.15, -0.1) is 0 Å². The van der Waals surface area contributed by atoms with Crippen LogP contribution in [0.4, 0.5) is 0 Å². The Bertz CT molecular complexity index is 567. The molecule has 0 saturated carbocycles. The van der Waals surface area contributed by atoms with Crippen LogP contribution < -0.4 is 14.8 Å². The van der Waals surface area contributed by atoms with Crippen molar-refractivity contribution in [1.82, 2.24) is 10.2 Å². The summed E-state index contributed by atoms with van der Waals surface area (Å²) in [5.41, 5.74) is 0.562. The summed E-state index contributed by atoms with van der Waals surface area (Å²) in [6.07, 6.45) is 0.915. The van der Waals surface area contributed by atoms with E-state index in [0.29, 0.717) is 36.7 Å². The Morgan fingerprint density at radius 2 is 2.05 bits per heavy atom. The molecule has 0 atom stereocenters. The van der Waals surface area contributed by atoms with Crippen molar-refractivity contribution in [3.05, 3.63) is 23.8 Å². The van der Waals surface area contributed by atoms with Crippen LogP contribution in [0.15, 0.2) is 18.2 Å². The molecule has 6 nitrogen and oxygen atoms in total. The van der Waals surface area contributed by atoms with Crippen LogP contribution in [0.1, 0.15) is 23.7 Å². The summed E-state index contributed by atoms with van der Waals surface area (Å²) in [5, 5.41) is 2.85. The molecule has 21 heavy (non-hydrogen) atoms. The lowest BCUT2D eigenvalue weighted by Crippen LogP contribution is -2.55. The van der Waals surface area contributed by atoms with E-state index in [1.165, 1.54) is 0 Å². The zero-order valence-electron chi connectivity index (χ0n) is 11.9. The smallest absolute Gasteiger partial charge is 0.254 e. The molecule has 2 aliphatic heterocycles. The molecule has 2 aliphatic rings. The molecule has 1 aromatic rings. The molecule has 0 spiro atoms. The third-order valence-electron chi connectivity index (χ3n) is 3.71. The van der Waals surface area contributed by atoms with Crippen LogP contribution in [-0.2, 0) is 4.79 Å². The molecule has 0 aromatic heterocycles. The van der Waals surface area contributed by atoms with Crippen LogP contribution in [0, 0.1) is 5.92 Å². The Kier molecular flexibility index (Phi) is 3.68. The van der Waals surface area contributed by atoms with Crippen molar-refractivity contribution in [2.45, 2.75) is 13.3 Å². The largest absolute Gasteiger partial charge is 0.454 e. The van der Waals surface area contributed by atoms with Crippen LogP contribution in [0.25, 0.3) is 0 Å². The number of fused-ring (bicyclic) bond motifs is 1. The number of carbonyl (C=O) groups excluding carboxylic acids is 2. The number of rotatable bonds is 4. The fourth-order valence-corrected chi connectivity index (χ4v) is 2.41. The summed E-state index contributed by atoms with van der Waals surface area (Å²) >= 11 is 0. The highest BCUT2D eigenvalue weighted by molar-refractivity contribution is 5.96. The minimum Gasteiger partial charge on any atom is -0.454 e. The van der Waals surface area contributed by atoms with Crippen molar-refractivity contribution in [1.29, 1.82) is 0 Å². The summed E-state index contributed by atoms with van der Waals surface area (Å²) in [4.78, 5) is 25.7. The van der Waals surface area contributed by atoms with Gasteiger partial charge in [-0.2, -0.15) is 0 Å². The number of nitrogens with one attached hydrogen (secondary N) is 1. The number of amides is 2. The molecule has 3 rings (SSSR count). The Labute approximate surface area is 123 Å². The number of hydrogen-bond acceptors (Lipinski definition) is 4. The average molecular weight is 290 g/mol. The van der Waals surface area contributed by atoms with E-state index in [4.69, 9.17) is 9.47 Å². The van der Waals surface area contributed by atoms with Crippen LogP contribution in [-0.4, -0.2) is 43.1 Å². The van der Waals surface area contributed by atoms with Gasteiger partial charge >= 0.3 is 0 Å². The summed E-state index contributed by atoms with van der Waals surface area (Å²) in [6.45, 7) is 3.84. The van der Waals surface area contributed by atoms with Crippen molar-refractivity contribution in [3.8, 4) is 11.5 Å². The molecule has 0 unspecified atom stereocenters. The van der Waals surface area contributed by atoms with E-state index in [9.17, 15) is 9.59 Å². The monoisotopic (exact) mass is 290 g/mol. The molecule has 1 fully saturated rings. The third kappa shape index (κ3) is 2.66. The lowest BCUT2D eigenvalue weighted by atomic mass is 9.97. The van der Waals surface area contributed by atoms with Crippen LogP contribution >= 0.6 is 0 Å². The molecule has 1 aromatic carbocycles. The zero-order valence-corrected chi connectivity index (χ0v) is 11.9. The van der Waals surface area contributed by atoms with Gasteiger partial charge in [0.25, 0.3) is 5.91 Å². The van der Waals surface area contributed by atoms with Gasteiger partial charge in [0, 0.05) is 25.2 Å². The van der Waals surface area contributed by atoms with E-state index in [0.717, 1.165) is 6.42 Å². The van der Waals surface area contributed by atoms with Crippen LogP contribution in [0.2, 0.25) is 0 Å². The van der Waals surface area contributed by atoms with Crippen LogP contribution in [0.3, 0.4) is 0 Å². The minimum absolute atomic E-state index is 0.0339. The number of ether oxygens (including phenoxy) is 2. The van der Waals surface area contributed by atoms with E-state index >= 15 is 0 Å². The first-order valence-corrected chi connectivity index (χ1v) is 7.15. The lowest BCUT2D eigenvalue weighted by molar-refractivity contribution is -0.128. The van der Waals surface area contributed by atoms with E-state index in [1.807, 2.05) is 6.92 Å². The quantitative estimate of drug-likeness (QED) is 0.899. The molecule has 0 aliphatic carbocycles. The first-order valence-electron chi connectivity index (χ1n) is 7.15. The molecule has 112 valence electrons. The van der Waals surface area contributed by atoms with Crippen molar-refractivity contribution in [3.63, 3.8) is 0 Å². The van der Waals surface area contributed by atoms with Gasteiger partial charge in [0.05, 0.1) is 5.92 Å². The lowest BCUT2D eigenvalue weighted by Gasteiger charge is -2.38. The van der Waals surface area contributed by atoms with Gasteiger partial charge in [0.1, 0.15) is 0 Å². The Morgan fingerprint density at radius 1 is 1.29 bits per heavy atom. The number of nitrogens with zero attached hydrogens (tertiary/aromatic N) is 1. The highest BCUT2D eigenvalue weighted by Gasteiger charge is 2.36. The van der Waals surface area contributed by atoms with Crippen molar-refractivity contribution in [2.75, 3.05) is 26.4 Å². The van der Waals surface area contributed by atoms with E-state index in [2.05, 4.69) is 5.32 Å². The SMILES string of the molecule is CCCNC(=O)C1CN(C(=O)c2ccc3c(c2)OCO3)C1. The van der Waals surface area contributed by atoms with Gasteiger partial charge < -0.3 is 19.7 Å². The van der Waals surface area contributed by atoms with Crippen molar-refractivity contribution < 1.29 is 19.1 Å². The highest BCUT2D eigenvalue weighted by atomic mass is 16.7. The highest BCUT2D eigenvalue weighted by Crippen LogP contribution is 2.33. The number of carbonyl (C=O) groups is 2. The Hall–Kier alpha value is -2.24. The second-order valence-electron chi connectivity index (χ2n) is 5.27.